The number of nitrogens with zero attached hydrogens (tertiary/aromatic N) is 2. The molecule has 0 saturated heterocycles. The van der Waals surface area contributed by atoms with Crippen molar-refractivity contribution in [1.82, 2.24) is 14.8 Å². The Kier molecular flexibility index (Phi) is 5.56. The van der Waals surface area contributed by atoms with Crippen LogP contribution in [0.3, 0.4) is 0 Å². The molecule has 2 N–H and O–H groups in total. The summed E-state index contributed by atoms with van der Waals surface area (Å²) in [6, 6.07) is 12.4. The van der Waals surface area contributed by atoms with E-state index in [1.165, 1.54) is 23.0 Å². The summed E-state index contributed by atoms with van der Waals surface area (Å²) in [6.07, 6.45) is 4.31. The van der Waals surface area contributed by atoms with Crippen LogP contribution in [0.2, 0.25) is 10.0 Å². The fourth-order valence-corrected chi connectivity index (χ4v) is 3.61. The van der Waals surface area contributed by atoms with Gasteiger partial charge in [0, 0.05) is 40.3 Å². The maximum atomic E-state index is 14.0. The minimum Gasteiger partial charge on any atom is -0.361 e. The Morgan fingerprint density at radius 3 is 2.79 bits per heavy atom. The van der Waals surface area contributed by atoms with Gasteiger partial charge < -0.3 is 10.3 Å². The summed E-state index contributed by atoms with van der Waals surface area (Å²) in [7, 11) is 0. The molecule has 2 aromatic carbocycles. The van der Waals surface area contributed by atoms with Crippen molar-refractivity contribution in [3.05, 3.63) is 81.8 Å². The van der Waals surface area contributed by atoms with Gasteiger partial charge in [-0.25, -0.2) is 4.39 Å². The Morgan fingerprint density at radius 2 is 1.97 bits per heavy atom. The molecule has 0 spiro atoms. The van der Waals surface area contributed by atoms with Crippen LogP contribution in [0.5, 0.6) is 0 Å². The summed E-state index contributed by atoms with van der Waals surface area (Å²) in [5.41, 5.74) is 2.42. The van der Waals surface area contributed by atoms with Gasteiger partial charge in [0.15, 0.2) is 5.82 Å². The second-order valence-corrected chi connectivity index (χ2v) is 7.45. The molecule has 0 unspecified atom stereocenters. The van der Waals surface area contributed by atoms with E-state index in [9.17, 15) is 9.18 Å². The number of amides is 1. The number of para-hydroxylation sites is 1. The number of hydrogen-bond acceptors (Lipinski definition) is 2. The molecule has 0 saturated carbocycles. The van der Waals surface area contributed by atoms with Crippen LogP contribution < -0.4 is 5.32 Å². The fourth-order valence-electron chi connectivity index (χ4n) is 3.19. The number of nitrogens with one attached hydrogen (secondary N) is 2. The lowest BCUT2D eigenvalue weighted by molar-refractivity contribution is -0.116. The van der Waals surface area contributed by atoms with Crippen molar-refractivity contribution in [2.75, 3.05) is 5.32 Å². The zero-order chi connectivity index (χ0) is 20.4. The average Bonchev–Trinajstić information content (AvgIpc) is 3.26. The highest BCUT2D eigenvalue weighted by Gasteiger charge is 2.14. The number of aromatic amines is 1. The number of benzene rings is 2. The van der Waals surface area contributed by atoms with Gasteiger partial charge in [0.1, 0.15) is 10.8 Å². The lowest BCUT2D eigenvalue weighted by Crippen LogP contribution is -2.13. The first-order chi connectivity index (χ1) is 14.0. The van der Waals surface area contributed by atoms with Crippen molar-refractivity contribution in [3.8, 4) is 0 Å². The van der Waals surface area contributed by atoms with Crippen LogP contribution in [0.4, 0.5) is 10.2 Å². The van der Waals surface area contributed by atoms with Gasteiger partial charge in [-0.15, -0.1) is 0 Å². The van der Waals surface area contributed by atoms with Gasteiger partial charge in [-0.05, 0) is 30.2 Å². The minimum absolute atomic E-state index is 0.108. The summed E-state index contributed by atoms with van der Waals surface area (Å²) >= 11 is 12.2. The number of anilines is 1. The molecule has 0 aliphatic carbocycles. The number of carbonyl (C=O) groups is 1. The van der Waals surface area contributed by atoms with E-state index in [1.807, 2.05) is 30.5 Å². The summed E-state index contributed by atoms with van der Waals surface area (Å²) in [6.45, 7) is 0.108. The van der Waals surface area contributed by atoms with Crippen molar-refractivity contribution >= 4 is 45.8 Å². The lowest BCUT2D eigenvalue weighted by atomic mass is 10.1. The van der Waals surface area contributed by atoms with Gasteiger partial charge in [-0.1, -0.05) is 47.5 Å². The average molecular weight is 431 g/mol. The molecule has 1 amide bonds. The molecule has 4 aromatic rings. The number of aromatic nitrogens is 3. The quantitative estimate of drug-likeness (QED) is 0.428. The van der Waals surface area contributed by atoms with Crippen molar-refractivity contribution in [2.24, 2.45) is 0 Å². The molecule has 0 aliphatic rings. The molecule has 5 nitrogen and oxygen atoms in total. The molecule has 0 atom stereocenters. The third-order valence-corrected chi connectivity index (χ3v) is 5.28. The normalized spacial score (nSPS) is 11.1. The third kappa shape index (κ3) is 4.28. The van der Waals surface area contributed by atoms with Crippen LogP contribution in [-0.2, 0) is 17.8 Å². The summed E-state index contributed by atoms with van der Waals surface area (Å²) in [5.74, 6) is -0.386. The Morgan fingerprint density at radius 1 is 1.14 bits per heavy atom. The Bertz CT molecular complexity index is 1160. The van der Waals surface area contributed by atoms with Gasteiger partial charge in [0.25, 0.3) is 0 Å². The molecule has 4 rings (SSSR count). The molecule has 0 bridgehead atoms. The number of halogens is 3. The molecule has 8 heteroatoms. The van der Waals surface area contributed by atoms with E-state index in [4.69, 9.17) is 23.2 Å². The molecule has 0 radical (unpaired) electrons. The van der Waals surface area contributed by atoms with Crippen LogP contribution in [0.25, 0.3) is 10.9 Å². The van der Waals surface area contributed by atoms with Gasteiger partial charge in [-0.3, -0.25) is 9.48 Å². The van der Waals surface area contributed by atoms with Crippen LogP contribution in [0.15, 0.2) is 54.9 Å². The highest BCUT2D eigenvalue weighted by molar-refractivity contribution is 6.33. The van der Waals surface area contributed by atoms with Gasteiger partial charge >= 0.3 is 0 Å². The summed E-state index contributed by atoms with van der Waals surface area (Å²) in [4.78, 5) is 15.6. The molecule has 0 aliphatic heterocycles. The van der Waals surface area contributed by atoms with Crippen molar-refractivity contribution in [1.29, 1.82) is 0 Å². The predicted octanol–water partition coefficient (Wildman–Crippen LogP) is 5.43. The number of rotatable bonds is 6. The second-order valence-electron chi connectivity index (χ2n) is 6.63. The van der Waals surface area contributed by atoms with Gasteiger partial charge in [-0.2, -0.15) is 5.10 Å². The number of fused-ring (bicyclic) bond motifs is 1. The largest absolute Gasteiger partial charge is 0.361 e. The summed E-state index contributed by atoms with van der Waals surface area (Å²) in [5, 5.41) is 8.64. The number of hydrogen-bond donors (Lipinski definition) is 2. The Balaban J connectivity index is 1.41. The predicted molar refractivity (Wildman–Crippen MR) is 113 cm³/mol. The number of aryl methyl sites for hydroxylation is 1. The maximum absolute atomic E-state index is 14.0. The minimum atomic E-state index is -0.423. The van der Waals surface area contributed by atoms with Crippen molar-refractivity contribution < 1.29 is 9.18 Å². The third-order valence-electron chi connectivity index (χ3n) is 4.65. The SMILES string of the molecule is O=C(CCc1c[nH]c2ccccc12)Nc1nn(Cc2c(F)cccc2Cl)cc1Cl. The molecule has 29 heavy (non-hydrogen) atoms. The molecular weight excluding hydrogens is 414 g/mol. The zero-order valence-electron chi connectivity index (χ0n) is 15.3. The van der Waals surface area contributed by atoms with Gasteiger partial charge in [0.05, 0.1) is 6.54 Å². The van der Waals surface area contributed by atoms with Crippen LogP contribution >= 0.6 is 23.2 Å². The van der Waals surface area contributed by atoms with Crippen molar-refractivity contribution in [3.63, 3.8) is 0 Å². The standard InChI is InChI=1S/C21H17Cl2FN4O/c22-16-5-3-6-18(24)15(16)11-28-12-17(23)21(27-28)26-20(29)9-8-13-10-25-19-7-2-1-4-14(13)19/h1-7,10,12,25H,8-9,11H2,(H,26,27,29). The zero-order valence-corrected chi connectivity index (χ0v) is 16.8. The molecule has 2 aromatic heterocycles. The fraction of sp³-hybridized carbons (Fsp3) is 0.143. The van der Waals surface area contributed by atoms with E-state index in [-0.39, 0.29) is 29.7 Å². The van der Waals surface area contributed by atoms with E-state index in [0.717, 1.165) is 16.5 Å². The highest BCUT2D eigenvalue weighted by Crippen LogP contribution is 2.24. The van der Waals surface area contributed by atoms with E-state index in [0.29, 0.717) is 17.0 Å². The van der Waals surface area contributed by atoms with E-state index in [2.05, 4.69) is 15.4 Å². The van der Waals surface area contributed by atoms with E-state index in [1.54, 1.807) is 6.07 Å². The van der Waals surface area contributed by atoms with Gasteiger partial charge in [0.2, 0.25) is 5.91 Å². The van der Waals surface area contributed by atoms with Crippen molar-refractivity contribution in [2.45, 2.75) is 19.4 Å². The molecular formula is C21H17Cl2FN4O. The van der Waals surface area contributed by atoms with E-state index < -0.39 is 5.82 Å². The maximum Gasteiger partial charge on any atom is 0.225 e. The first kappa shape index (κ1) is 19.5. The van der Waals surface area contributed by atoms with Crippen LogP contribution in [0.1, 0.15) is 17.5 Å². The number of carbonyl (C=O) groups excluding carboxylic acids is 1. The summed E-state index contributed by atoms with van der Waals surface area (Å²) < 4.78 is 15.4. The monoisotopic (exact) mass is 430 g/mol. The highest BCUT2D eigenvalue weighted by atomic mass is 35.5. The van der Waals surface area contributed by atoms with Crippen LogP contribution in [-0.4, -0.2) is 20.7 Å². The Hall–Kier alpha value is -2.83. The first-order valence-corrected chi connectivity index (χ1v) is 9.77. The first-order valence-electron chi connectivity index (χ1n) is 9.02. The van der Waals surface area contributed by atoms with E-state index >= 15 is 0 Å². The topological polar surface area (TPSA) is 62.7 Å². The Labute approximate surface area is 176 Å². The molecule has 148 valence electrons. The van der Waals surface area contributed by atoms with Crippen LogP contribution in [0, 0.1) is 5.82 Å². The number of H-pyrrole nitrogens is 1. The smallest absolute Gasteiger partial charge is 0.225 e. The molecule has 2 heterocycles. The molecule has 0 fully saturated rings. The lowest BCUT2D eigenvalue weighted by Gasteiger charge is -2.06. The second kappa shape index (κ2) is 8.27.